The van der Waals surface area contributed by atoms with Gasteiger partial charge in [-0.1, -0.05) is 31.9 Å². The van der Waals surface area contributed by atoms with Crippen molar-refractivity contribution in [3.05, 3.63) is 32.8 Å². The van der Waals surface area contributed by atoms with Gasteiger partial charge in [0.15, 0.2) is 0 Å². The molecule has 1 rings (SSSR count). The number of carbonyl (C=O) groups excluding carboxylic acids is 1. The molecule has 0 aliphatic heterocycles. The Hall–Kier alpha value is -1.71. The fraction of sp³-hybridized carbons (Fsp3) is 0.500. The van der Waals surface area contributed by atoms with Crippen LogP contribution in [0, 0.1) is 23.0 Å². The van der Waals surface area contributed by atoms with Gasteiger partial charge in [0.1, 0.15) is 6.04 Å². The minimum atomic E-state index is -4.20. The molecule has 0 aromatic heterocycles. The quantitative estimate of drug-likeness (QED) is 0.442. The van der Waals surface area contributed by atoms with Crippen LogP contribution in [0.5, 0.6) is 0 Å². The molecule has 0 amide bonds. The van der Waals surface area contributed by atoms with Crippen LogP contribution in [0.2, 0.25) is 5.02 Å². The van der Waals surface area contributed by atoms with Gasteiger partial charge in [-0.25, -0.2) is 8.42 Å². The SMILES string of the molecule is CC[C@H](C)[C@H](NS(=O)(=O)c1cc(Cl)c(C)c([N+](=O)[O-])c1)C(=O)OC. The number of nitro groups is 1. The topological polar surface area (TPSA) is 116 Å². The molecular formula is C14H19ClN2O6S. The number of hydrogen-bond acceptors (Lipinski definition) is 6. The molecule has 1 aromatic carbocycles. The van der Waals surface area contributed by atoms with Gasteiger partial charge in [-0.05, 0) is 18.9 Å². The van der Waals surface area contributed by atoms with Crippen LogP contribution < -0.4 is 4.72 Å². The molecule has 0 heterocycles. The van der Waals surface area contributed by atoms with Gasteiger partial charge in [0.05, 0.1) is 22.0 Å². The second-order valence-corrected chi connectivity index (χ2v) is 7.44. The van der Waals surface area contributed by atoms with Crippen LogP contribution in [0.15, 0.2) is 17.0 Å². The van der Waals surface area contributed by atoms with Crippen LogP contribution in [-0.2, 0) is 19.6 Å². The molecule has 0 spiro atoms. The Morgan fingerprint density at radius 2 is 2.04 bits per heavy atom. The molecule has 0 radical (unpaired) electrons. The second-order valence-electron chi connectivity index (χ2n) is 5.31. The zero-order valence-electron chi connectivity index (χ0n) is 13.7. The fourth-order valence-electron chi connectivity index (χ4n) is 1.98. The predicted molar refractivity (Wildman–Crippen MR) is 88.4 cm³/mol. The van der Waals surface area contributed by atoms with Gasteiger partial charge < -0.3 is 4.74 Å². The molecule has 0 aliphatic carbocycles. The Bertz CT molecular complexity index is 750. The maximum absolute atomic E-state index is 12.5. The Kier molecular flexibility index (Phi) is 6.70. The standard InChI is InChI=1S/C14H19ClN2O6S/c1-5-8(2)13(14(18)23-4)16-24(21,22)10-6-11(15)9(3)12(7-10)17(19)20/h6-8,13,16H,5H2,1-4H3/t8-,13-/m0/s1. The maximum Gasteiger partial charge on any atom is 0.324 e. The van der Waals surface area contributed by atoms with Gasteiger partial charge >= 0.3 is 5.97 Å². The predicted octanol–water partition coefficient (Wildman–Crippen LogP) is 2.42. The van der Waals surface area contributed by atoms with Crippen molar-refractivity contribution in [1.29, 1.82) is 0 Å². The number of methoxy groups -OCH3 is 1. The maximum atomic E-state index is 12.5. The molecule has 1 aromatic rings. The van der Waals surface area contributed by atoms with Crippen LogP contribution in [0.25, 0.3) is 0 Å². The Labute approximate surface area is 145 Å². The van der Waals surface area contributed by atoms with Crippen molar-refractivity contribution in [2.45, 2.75) is 38.1 Å². The highest BCUT2D eigenvalue weighted by Gasteiger charge is 2.31. The first kappa shape index (κ1) is 20.3. The molecule has 8 nitrogen and oxygen atoms in total. The number of esters is 1. The van der Waals surface area contributed by atoms with E-state index in [-0.39, 0.29) is 21.4 Å². The van der Waals surface area contributed by atoms with E-state index in [1.165, 1.54) is 6.92 Å². The van der Waals surface area contributed by atoms with E-state index in [1.807, 2.05) is 0 Å². The van der Waals surface area contributed by atoms with Crippen LogP contribution in [-0.4, -0.2) is 32.5 Å². The molecule has 2 atom stereocenters. The first-order chi connectivity index (χ1) is 11.0. The number of nitrogens with one attached hydrogen (secondary N) is 1. The fourth-order valence-corrected chi connectivity index (χ4v) is 3.60. The lowest BCUT2D eigenvalue weighted by atomic mass is 10.0. The molecule has 1 N–H and O–H groups in total. The Balaban J connectivity index is 3.34. The van der Waals surface area contributed by atoms with Crippen LogP contribution in [0.3, 0.4) is 0 Å². The molecule has 24 heavy (non-hydrogen) atoms. The molecule has 0 saturated heterocycles. The molecular weight excluding hydrogens is 360 g/mol. The molecule has 0 bridgehead atoms. The lowest BCUT2D eigenvalue weighted by Gasteiger charge is -2.21. The average molecular weight is 379 g/mol. The number of carbonyl (C=O) groups is 1. The highest BCUT2D eigenvalue weighted by Crippen LogP contribution is 2.29. The van der Waals surface area contributed by atoms with Crippen molar-refractivity contribution in [3.63, 3.8) is 0 Å². The summed E-state index contributed by atoms with van der Waals surface area (Å²) in [5, 5.41) is 11.0. The van der Waals surface area contributed by atoms with Gasteiger partial charge in [0, 0.05) is 11.6 Å². The van der Waals surface area contributed by atoms with E-state index in [1.54, 1.807) is 13.8 Å². The number of hydrogen-bond donors (Lipinski definition) is 1. The van der Waals surface area contributed by atoms with Gasteiger partial charge in [0.25, 0.3) is 5.69 Å². The number of nitro benzene ring substituents is 1. The third kappa shape index (κ3) is 4.43. The summed E-state index contributed by atoms with van der Waals surface area (Å²) in [6.07, 6.45) is 0.525. The number of ether oxygens (including phenoxy) is 1. The average Bonchev–Trinajstić information content (AvgIpc) is 2.53. The molecule has 10 heteroatoms. The summed E-state index contributed by atoms with van der Waals surface area (Å²) in [7, 11) is -3.05. The Morgan fingerprint density at radius 1 is 1.46 bits per heavy atom. The first-order valence-electron chi connectivity index (χ1n) is 7.09. The van der Waals surface area contributed by atoms with Gasteiger partial charge in [0.2, 0.25) is 10.0 Å². The number of nitrogens with zero attached hydrogens (tertiary/aromatic N) is 1. The van der Waals surface area contributed by atoms with E-state index in [2.05, 4.69) is 9.46 Å². The van der Waals surface area contributed by atoms with E-state index >= 15 is 0 Å². The van der Waals surface area contributed by atoms with Crippen LogP contribution in [0.1, 0.15) is 25.8 Å². The van der Waals surface area contributed by atoms with E-state index in [0.717, 1.165) is 19.2 Å². The summed E-state index contributed by atoms with van der Waals surface area (Å²) < 4.78 is 31.9. The number of rotatable bonds is 7. The highest BCUT2D eigenvalue weighted by atomic mass is 35.5. The van der Waals surface area contributed by atoms with E-state index in [0.29, 0.717) is 6.42 Å². The zero-order valence-corrected chi connectivity index (χ0v) is 15.3. The van der Waals surface area contributed by atoms with Crippen molar-refractivity contribution < 1.29 is 22.9 Å². The highest BCUT2D eigenvalue weighted by molar-refractivity contribution is 7.89. The first-order valence-corrected chi connectivity index (χ1v) is 8.96. The minimum absolute atomic E-state index is 0.0530. The summed E-state index contributed by atoms with van der Waals surface area (Å²) in [6, 6.07) is 0.912. The summed E-state index contributed by atoms with van der Waals surface area (Å²) >= 11 is 5.90. The third-order valence-electron chi connectivity index (χ3n) is 3.75. The van der Waals surface area contributed by atoms with E-state index in [9.17, 15) is 23.3 Å². The van der Waals surface area contributed by atoms with Crippen molar-refractivity contribution >= 4 is 33.3 Å². The molecule has 0 fully saturated rings. The van der Waals surface area contributed by atoms with Crippen LogP contribution in [0.4, 0.5) is 5.69 Å². The van der Waals surface area contributed by atoms with Crippen LogP contribution >= 0.6 is 11.6 Å². The number of benzene rings is 1. The monoisotopic (exact) mass is 378 g/mol. The van der Waals surface area contributed by atoms with Crippen molar-refractivity contribution in [1.82, 2.24) is 4.72 Å². The van der Waals surface area contributed by atoms with Crippen molar-refractivity contribution in [2.75, 3.05) is 7.11 Å². The summed E-state index contributed by atoms with van der Waals surface area (Å²) in [5.41, 5.74) is -0.256. The Morgan fingerprint density at radius 3 is 2.50 bits per heavy atom. The zero-order chi connectivity index (χ0) is 18.7. The molecule has 134 valence electrons. The van der Waals surface area contributed by atoms with Gasteiger partial charge in [-0.2, -0.15) is 4.72 Å². The smallest absolute Gasteiger partial charge is 0.324 e. The van der Waals surface area contributed by atoms with E-state index < -0.39 is 32.6 Å². The minimum Gasteiger partial charge on any atom is -0.468 e. The molecule has 0 unspecified atom stereocenters. The summed E-state index contributed by atoms with van der Waals surface area (Å²) in [6.45, 7) is 4.90. The summed E-state index contributed by atoms with van der Waals surface area (Å²) in [5.74, 6) is -1.07. The normalized spacial score (nSPS) is 14.0. The molecule has 0 aliphatic rings. The third-order valence-corrected chi connectivity index (χ3v) is 5.56. The number of sulfonamides is 1. The number of halogens is 1. The van der Waals surface area contributed by atoms with E-state index in [4.69, 9.17) is 11.6 Å². The molecule has 0 saturated carbocycles. The largest absolute Gasteiger partial charge is 0.468 e. The van der Waals surface area contributed by atoms with Gasteiger partial charge in [-0.3, -0.25) is 14.9 Å². The van der Waals surface area contributed by atoms with Crippen molar-refractivity contribution in [3.8, 4) is 0 Å². The summed E-state index contributed by atoms with van der Waals surface area (Å²) in [4.78, 5) is 21.8. The second kappa shape index (κ2) is 7.91. The lowest BCUT2D eigenvalue weighted by molar-refractivity contribution is -0.385. The van der Waals surface area contributed by atoms with Gasteiger partial charge in [-0.15, -0.1) is 0 Å². The lowest BCUT2D eigenvalue weighted by Crippen LogP contribution is -2.45. The van der Waals surface area contributed by atoms with Crippen molar-refractivity contribution in [2.24, 2.45) is 5.92 Å².